The minimum absolute atomic E-state index is 0.0310. The molecule has 3 rings (SSSR count). The minimum atomic E-state index is -1.28. The Balaban J connectivity index is 2.03. The Hall–Kier alpha value is -3.22. The van der Waals surface area contributed by atoms with E-state index in [-0.39, 0.29) is 17.0 Å². The van der Waals surface area contributed by atoms with Crippen molar-refractivity contribution in [2.45, 2.75) is 19.8 Å². The van der Waals surface area contributed by atoms with E-state index in [1.54, 1.807) is 19.1 Å². The first-order valence-corrected chi connectivity index (χ1v) is 8.61. The van der Waals surface area contributed by atoms with Gasteiger partial charge in [-0.15, -0.1) is 0 Å². The Kier molecular flexibility index (Phi) is 5.21. The first-order chi connectivity index (χ1) is 12.9. The predicted molar refractivity (Wildman–Crippen MR) is 98.4 cm³/mol. The maximum Gasteiger partial charge on any atom is 0.355 e. The highest BCUT2D eigenvalue weighted by Gasteiger charge is 2.24. The van der Waals surface area contributed by atoms with E-state index < -0.39 is 11.9 Å². The van der Waals surface area contributed by atoms with Crippen molar-refractivity contribution in [1.82, 2.24) is 10.3 Å². The molecule has 2 N–H and O–H groups in total. The molecule has 1 fully saturated rings. The second-order valence-corrected chi connectivity index (χ2v) is 6.58. The molecule has 1 aromatic carbocycles. The molecule has 0 atom stereocenters. The minimum Gasteiger partial charge on any atom is -0.496 e. The van der Waals surface area contributed by atoms with Crippen LogP contribution in [0.5, 0.6) is 5.75 Å². The van der Waals surface area contributed by atoms with E-state index in [1.165, 1.54) is 19.2 Å². The van der Waals surface area contributed by atoms with Crippen LogP contribution in [-0.2, 0) is 0 Å². The molecule has 0 aliphatic heterocycles. The van der Waals surface area contributed by atoms with Gasteiger partial charge < -0.3 is 15.2 Å². The molecule has 2 aromatic rings. The van der Waals surface area contributed by atoms with Gasteiger partial charge >= 0.3 is 5.97 Å². The molecule has 1 amide bonds. The highest BCUT2D eigenvalue weighted by molar-refractivity contribution is 6.00. The molecule has 27 heavy (non-hydrogen) atoms. The number of rotatable bonds is 7. The Morgan fingerprint density at radius 3 is 2.63 bits per heavy atom. The molecular formula is C20H20N2O5. The number of carboxylic acids is 1. The van der Waals surface area contributed by atoms with Gasteiger partial charge in [-0.2, -0.15) is 0 Å². The standard InChI is InChI=1S/C20H20N2O5/c1-11-7-13(10-23)15(8-17(11)27-2)14-5-6-16(22-18(14)20(25)26)19(24)21-9-12-3-4-12/h5-8,10,12H,3-4,9H2,1-2H3,(H,21,24)(H,25,26). The van der Waals surface area contributed by atoms with Crippen LogP contribution in [0, 0.1) is 12.8 Å². The van der Waals surface area contributed by atoms with Crippen molar-refractivity contribution in [3.05, 3.63) is 46.8 Å². The number of ether oxygens (including phenoxy) is 1. The Morgan fingerprint density at radius 1 is 1.30 bits per heavy atom. The second-order valence-electron chi connectivity index (χ2n) is 6.58. The van der Waals surface area contributed by atoms with E-state index in [9.17, 15) is 19.5 Å². The molecule has 0 spiro atoms. The van der Waals surface area contributed by atoms with E-state index in [1.807, 2.05) is 0 Å². The Morgan fingerprint density at radius 2 is 2.04 bits per heavy atom. The summed E-state index contributed by atoms with van der Waals surface area (Å²) >= 11 is 0. The molecular weight excluding hydrogens is 348 g/mol. The lowest BCUT2D eigenvalue weighted by atomic mass is 9.96. The van der Waals surface area contributed by atoms with Crippen LogP contribution in [0.2, 0.25) is 0 Å². The lowest BCUT2D eigenvalue weighted by molar-refractivity contribution is 0.0691. The lowest BCUT2D eigenvalue weighted by Crippen LogP contribution is -2.27. The number of hydrogen-bond donors (Lipinski definition) is 2. The van der Waals surface area contributed by atoms with Gasteiger partial charge in [-0.25, -0.2) is 9.78 Å². The zero-order valence-corrected chi connectivity index (χ0v) is 15.1. The molecule has 1 saturated carbocycles. The monoisotopic (exact) mass is 368 g/mol. The Labute approximate surface area is 156 Å². The van der Waals surface area contributed by atoms with Crippen molar-refractivity contribution in [1.29, 1.82) is 0 Å². The van der Waals surface area contributed by atoms with Gasteiger partial charge in [0, 0.05) is 17.7 Å². The largest absolute Gasteiger partial charge is 0.496 e. The van der Waals surface area contributed by atoms with E-state index in [0.717, 1.165) is 18.4 Å². The highest BCUT2D eigenvalue weighted by Crippen LogP contribution is 2.32. The summed E-state index contributed by atoms with van der Waals surface area (Å²) in [7, 11) is 1.50. The number of nitrogens with zero attached hydrogens (tertiary/aromatic N) is 1. The van der Waals surface area contributed by atoms with Crippen LogP contribution < -0.4 is 10.1 Å². The molecule has 1 aliphatic carbocycles. The van der Waals surface area contributed by atoms with Crippen LogP contribution in [0.1, 0.15) is 49.7 Å². The number of aromatic nitrogens is 1. The first kappa shape index (κ1) is 18.6. The maximum atomic E-state index is 12.2. The summed E-state index contributed by atoms with van der Waals surface area (Å²) in [6.45, 7) is 2.36. The van der Waals surface area contributed by atoms with Crippen molar-refractivity contribution in [2.75, 3.05) is 13.7 Å². The smallest absolute Gasteiger partial charge is 0.355 e. The number of benzene rings is 1. The third-order valence-corrected chi connectivity index (χ3v) is 4.56. The molecule has 0 saturated heterocycles. The quantitative estimate of drug-likeness (QED) is 0.728. The highest BCUT2D eigenvalue weighted by atomic mass is 16.5. The topological polar surface area (TPSA) is 106 Å². The summed E-state index contributed by atoms with van der Waals surface area (Å²) in [5.74, 6) is -0.660. The summed E-state index contributed by atoms with van der Waals surface area (Å²) in [6.07, 6.45) is 2.84. The van der Waals surface area contributed by atoms with E-state index in [2.05, 4.69) is 10.3 Å². The van der Waals surface area contributed by atoms with E-state index >= 15 is 0 Å². The first-order valence-electron chi connectivity index (χ1n) is 8.61. The number of hydrogen-bond acceptors (Lipinski definition) is 5. The molecule has 7 heteroatoms. The fraction of sp³-hybridized carbons (Fsp3) is 0.300. The fourth-order valence-corrected chi connectivity index (χ4v) is 2.88. The van der Waals surface area contributed by atoms with Crippen LogP contribution >= 0.6 is 0 Å². The number of nitrogens with one attached hydrogen (secondary N) is 1. The van der Waals surface area contributed by atoms with Gasteiger partial charge in [0.05, 0.1) is 7.11 Å². The third kappa shape index (κ3) is 3.97. The van der Waals surface area contributed by atoms with Gasteiger partial charge in [-0.1, -0.05) is 0 Å². The van der Waals surface area contributed by atoms with Crippen molar-refractivity contribution in [3.8, 4) is 16.9 Å². The molecule has 0 radical (unpaired) electrons. The van der Waals surface area contributed by atoms with Crippen molar-refractivity contribution >= 4 is 18.2 Å². The third-order valence-electron chi connectivity index (χ3n) is 4.56. The van der Waals surface area contributed by atoms with Crippen molar-refractivity contribution < 1.29 is 24.2 Å². The summed E-state index contributed by atoms with van der Waals surface area (Å²) in [6, 6.07) is 6.20. The molecule has 0 unspecified atom stereocenters. The van der Waals surface area contributed by atoms with Crippen LogP contribution in [0.25, 0.3) is 11.1 Å². The Bertz CT molecular complexity index is 919. The zero-order valence-electron chi connectivity index (χ0n) is 15.1. The molecule has 0 bridgehead atoms. The summed E-state index contributed by atoms with van der Waals surface area (Å²) < 4.78 is 5.28. The SMILES string of the molecule is COc1cc(-c2ccc(C(=O)NCC3CC3)nc2C(=O)O)c(C=O)cc1C. The van der Waals surface area contributed by atoms with Crippen molar-refractivity contribution in [2.24, 2.45) is 5.92 Å². The number of methoxy groups -OCH3 is 1. The van der Waals surface area contributed by atoms with Crippen LogP contribution in [0.15, 0.2) is 24.3 Å². The van der Waals surface area contributed by atoms with Crippen LogP contribution in [0.4, 0.5) is 0 Å². The number of aldehydes is 1. The number of carbonyl (C=O) groups is 3. The number of amides is 1. The lowest BCUT2D eigenvalue weighted by Gasteiger charge is -2.13. The van der Waals surface area contributed by atoms with Crippen molar-refractivity contribution in [3.63, 3.8) is 0 Å². The fourth-order valence-electron chi connectivity index (χ4n) is 2.88. The molecule has 1 aromatic heterocycles. The predicted octanol–water partition coefficient (Wildman–Crippen LogP) is 2.72. The zero-order chi connectivity index (χ0) is 19.6. The van der Waals surface area contributed by atoms with Gasteiger partial charge in [0.2, 0.25) is 0 Å². The average Bonchev–Trinajstić information content (AvgIpc) is 3.49. The van der Waals surface area contributed by atoms with Gasteiger partial charge in [-0.3, -0.25) is 9.59 Å². The second kappa shape index (κ2) is 7.57. The summed E-state index contributed by atoms with van der Waals surface area (Å²) in [4.78, 5) is 39.5. The maximum absolute atomic E-state index is 12.2. The molecule has 1 aliphatic rings. The number of aromatic carboxylic acids is 1. The molecule has 140 valence electrons. The van der Waals surface area contributed by atoms with Gasteiger partial charge in [0.25, 0.3) is 5.91 Å². The van der Waals surface area contributed by atoms with Gasteiger partial charge in [0.15, 0.2) is 12.0 Å². The summed E-state index contributed by atoms with van der Waals surface area (Å²) in [5, 5.41) is 12.4. The van der Waals surface area contributed by atoms with Gasteiger partial charge in [0.1, 0.15) is 11.4 Å². The molecule has 1 heterocycles. The van der Waals surface area contributed by atoms with Crippen LogP contribution in [0.3, 0.4) is 0 Å². The number of aryl methyl sites for hydroxylation is 1. The molecule has 7 nitrogen and oxygen atoms in total. The number of carbonyl (C=O) groups excluding carboxylic acids is 2. The normalized spacial score (nSPS) is 13.1. The average molecular weight is 368 g/mol. The summed E-state index contributed by atoms with van der Waals surface area (Å²) in [5.41, 5.74) is 1.46. The van der Waals surface area contributed by atoms with Crippen LogP contribution in [-0.4, -0.2) is 41.9 Å². The van der Waals surface area contributed by atoms with E-state index in [4.69, 9.17) is 4.74 Å². The van der Waals surface area contributed by atoms with Gasteiger partial charge in [-0.05, 0) is 61.1 Å². The number of pyridine rings is 1. The van der Waals surface area contributed by atoms with E-state index in [0.29, 0.717) is 35.6 Å². The number of carboxylic acid groups (broad SMARTS) is 1.